The zero-order valence-corrected chi connectivity index (χ0v) is 16.7. The van der Waals surface area contributed by atoms with Gasteiger partial charge in [-0.3, -0.25) is 15.2 Å². The summed E-state index contributed by atoms with van der Waals surface area (Å²) in [6.45, 7) is 5.48. The van der Waals surface area contributed by atoms with Crippen LogP contribution in [0.4, 0.5) is 4.79 Å². The molecule has 0 saturated carbocycles. The van der Waals surface area contributed by atoms with E-state index in [9.17, 15) is 9.59 Å². The van der Waals surface area contributed by atoms with Crippen molar-refractivity contribution in [1.82, 2.24) is 25.8 Å². The molecule has 0 atom stereocenters. The van der Waals surface area contributed by atoms with Crippen LogP contribution in [0.25, 0.3) is 11.4 Å². The Morgan fingerprint density at radius 3 is 2.59 bits per heavy atom. The third kappa shape index (κ3) is 6.17. The molecule has 2 rings (SSSR count). The molecule has 0 fully saturated rings. The van der Waals surface area contributed by atoms with Crippen LogP contribution < -0.4 is 20.1 Å². The highest BCUT2D eigenvalue weighted by atomic mass is 32.2. The van der Waals surface area contributed by atoms with E-state index < -0.39 is 17.5 Å². The first-order chi connectivity index (χ1) is 12.7. The molecule has 3 N–H and O–H groups in total. The number of hydrogen-bond donors (Lipinski definition) is 3. The Bertz CT molecular complexity index is 816. The summed E-state index contributed by atoms with van der Waals surface area (Å²) in [4.78, 5) is 27.9. The summed E-state index contributed by atoms with van der Waals surface area (Å²) in [7, 11) is 3.13. The zero-order chi connectivity index (χ0) is 20.0. The molecule has 2 aromatic rings. The van der Waals surface area contributed by atoms with Crippen LogP contribution in [0.3, 0.4) is 0 Å². The van der Waals surface area contributed by atoms with E-state index in [1.807, 2.05) is 20.8 Å². The number of thioether (sulfide) groups is 1. The van der Waals surface area contributed by atoms with Crippen LogP contribution in [0.1, 0.15) is 20.8 Å². The Balaban J connectivity index is 1.97. The highest BCUT2D eigenvalue weighted by Crippen LogP contribution is 2.31. The average molecular weight is 393 g/mol. The molecule has 0 aliphatic heterocycles. The van der Waals surface area contributed by atoms with E-state index in [0.29, 0.717) is 28.0 Å². The van der Waals surface area contributed by atoms with Crippen LogP contribution in [0, 0.1) is 0 Å². The number of ether oxygens (including phenoxy) is 2. The standard InChI is InChI=1S/C17H23N5O4S/c1-17(2,3)20-15(24)18-13(23)9-27-16-19-14(21-22-16)11-7-6-10(25-4)8-12(11)26-5/h6-8H,9H2,1-5H3,(H,19,21,22)(H2,18,20,23,24). The molecule has 10 heteroatoms. The van der Waals surface area contributed by atoms with Crippen molar-refractivity contribution in [1.29, 1.82) is 0 Å². The quantitative estimate of drug-likeness (QED) is 0.644. The largest absolute Gasteiger partial charge is 0.497 e. The molecule has 0 aliphatic rings. The van der Waals surface area contributed by atoms with Crippen molar-refractivity contribution in [3.63, 3.8) is 0 Å². The summed E-state index contributed by atoms with van der Waals surface area (Å²) in [6.07, 6.45) is 0. The topological polar surface area (TPSA) is 118 Å². The smallest absolute Gasteiger partial charge is 0.321 e. The monoisotopic (exact) mass is 393 g/mol. The van der Waals surface area contributed by atoms with Gasteiger partial charge in [-0.2, -0.15) is 0 Å². The number of methoxy groups -OCH3 is 2. The number of nitrogens with one attached hydrogen (secondary N) is 3. The predicted octanol–water partition coefficient (Wildman–Crippen LogP) is 2.21. The number of nitrogens with zero attached hydrogens (tertiary/aromatic N) is 2. The minimum atomic E-state index is -0.535. The van der Waals surface area contributed by atoms with E-state index in [0.717, 1.165) is 11.8 Å². The van der Waals surface area contributed by atoms with Crippen molar-refractivity contribution in [2.75, 3.05) is 20.0 Å². The fourth-order valence-electron chi connectivity index (χ4n) is 2.09. The van der Waals surface area contributed by atoms with Crippen molar-refractivity contribution in [2.24, 2.45) is 0 Å². The van der Waals surface area contributed by atoms with E-state index in [-0.39, 0.29) is 5.75 Å². The number of carbonyl (C=O) groups excluding carboxylic acids is 2. The van der Waals surface area contributed by atoms with Crippen molar-refractivity contribution in [2.45, 2.75) is 31.5 Å². The lowest BCUT2D eigenvalue weighted by Crippen LogP contribution is -2.48. The lowest BCUT2D eigenvalue weighted by atomic mass is 10.1. The third-order valence-electron chi connectivity index (χ3n) is 3.20. The van der Waals surface area contributed by atoms with E-state index in [1.54, 1.807) is 32.4 Å². The van der Waals surface area contributed by atoms with Crippen LogP contribution in [-0.4, -0.2) is 52.6 Å². The molecular formula is C17H23N5O4S. The van der Waals surface area contributed by atoms with Gasteiger partial charge < -0.3 is 14.8 Å². The SMILES string of the molecule is COc1ccc(-c2nc(SCC(=O)NC(=O)NC(C)(C)C)n[nH]2)c(OC)c1. The molecule has 0 bridgehead atoms. The van der Waals surface area contributed by atoms with Gasteiger partial charge in [0.25, 0.3) is 0 Å². The molecule has 0 radical (unpaired) electrons. The van der Waals surface area contributed by atoms with Gasteiger partial charge in [0.05, 0.1) is 25.5 Å². The molecule has 27 heavy (non-hydrogen) atoms. The number of benzene rings is 1. The fourth-order valence-corrected chi connectivity index (χ4v) is 2.69. The average Bonchev–Trinajstić information content (AvgIpc) is 3.06. The molecule has 0 spiro atoms. The number of imide groups is 1. The number of aromatic nitrogens is 3. The minimum absolute atomic E-state index is 0.00854. The van der Waals surface area contributed by atoms with Crippen molar-refractivity contribution in [3.05, 3.63) is 18.2 Å². The van der Waals surface area contributed by atoms with Crippen LogP contribution in [-0.2, 0) is 4.79 Å². The highest BCUT2D eigenvalue weighted by molar-refractivity contribution is 7.99. The number of carbonyl (C=O) groups is 2. The Hall–Kier alpha value is -2.75. The Morgan fingerprint density at radius 2 is 1.96 bits per heavy atom. The van der Waals surface area contributed by atoms with Gasteiger partial charge in [0.1, 0.15) is 11.5 Å². The van der Waals surface area contributed by atoms with Gasteiger partial charge in [0.2, 0.25) is 11.1 Å². The summed E-state index contributed by atoms with van der Waals surface area (Å²) in [5.74, 6) is 1.32. The first-order valence-corrected chi connectivity index (χ1v) is 9.10. The third-order valence-corrected chi connectivity index (χ3v) is 4.05. The Labute approximate surface area is 161 Å². The minimum Gasteiger partial charge on any atom is -0.497 e. The predicted molar refractivity (Wildman–Crippen MR) is 102 cm³/mol. The summed E-state index contributed by atoms with van der Waals surface area (Å²) in [6, 6.07) is 4.79. The molecule has 0 aliphatic carbocycles. The van der Waals surface area contributed by atoms with Gasteiger partial charge in [0.15, 0.2) is 5.82 Å². The lowest BCUT2D eigenvalue weighted by Gasteiger charge is -2.20. The summed E-state index contributed by atoms with van der Waals surface area (Å²) >= 11 is 1.11. The number of amides is 3. The molecule has 1 aromatic carbocycles. The molecule has 1 aromatic heterocycles. The molecular weight excluding hydrogens is 370 g/mol. The molecule has 0 unspecified atom stereocenters. The van der Waals surface area contributed by atoms with Gasteiger partial charge in [-0.05, 0) is 32.9 Å². The van der Waals surface area contributed by atoms with Crippen LogP contribution >= 0.6 is 11.8 Å². The Kier molecular flexibility index (Phi) is 6.67. The van der Waals surface area contributed by atoms with Gasteiger partial charge in [-0.1, -0.05) is 11.8 Å². The number of hydrogen-bond acceptors (Lipinski definition) is 7. The van der Waals surface area contributed by atoms with Gasteiger partial charge in [-0.25, -0.2) is 9.78 Å². The molecule has 0 saturated heterocycles. The molecule has 1 heterocycles. The van der Waals surface area contributed by atoms with E-state index in [1.165, 1.54) is 0 Å². The highest BCUT2D eigenvalue weighted by Gasteiger charge is 2.17. The molecule has 146 valence electrons. The second kappa shape index (κ2) is 8.76. The summed E-state index contributed by atoms with van der Waals surface area (Å²) in [5, 5.41) is 12.2. The number of urea groups is 1. The number of rotatable bonds is 6. The van der Waals surface area contributed by atoms with E-state index in [4.69, 9.17) is 9.47 Å². The van der Waals surface area contributed by atoms with Crippen LogP contribution in [0.15, 0.2) is 23.4 Å². The maximum Gasteiger partial charge on any atom is 0.321 e. The van der Waals surface area contributed by atoms with Crippen LogP contribution in [0.2, 0.25) is 0 Å². The van der Waals surface area contributed by atoms with Crippen molar-refractivity contribution in [3.8, 4) is 22.9 Å². The van der Waals surface area contributed by atoms with E-state index >= 15 is 0 Å². The summed E-state index contributed by atoms with van der Waals surface area (Å²) < 4.78 is 10.5. The number of H-pyrrole nitrogens is 1. The zero-order valence-electron chi connectivity index (χ0n) is 15.9. The van der Waals surface area contributed by atoms with Crippen molar-refractivity contribution >= 4 is 23.7 Å². The maximum absolute atomic E-state index is 11.9. The maximum atomic E-state index is 11.9. The second-order valence-electron chi connectivity index (χ2n) is 6.57. The first kappa shape index (κ1) is 20.6. The van der Waals surface area contributed by atoms with Gasteiger partial charge >= 0.3 is 6.03 Å². The molecule has 3 amide bonds. The lowest BCUT2D eigenvalue weighted by molar-refractivity contribution is -0.117. The Morgan fingerprint density at radius 1 is 1.22 bits per heavy atom. The van der Waals surface area contributed by atoms with Crippen LogP contribution in [0.5, 0.6) is 11.5 Å². The fraction of sp³-hybridized carbons (Fsp3) is 0.412. The van der Waals surface area contributed by atoms with Gasteiger partial charge in [-0.15, -0.1) is 5.10 Å². The second-order valence-corrected chi connectivity index (χ2v) is 7.52. The number of aromatic amines is 1. The van der Waals surface area contributed by atoms with Crippen molar-refractivity contribution < 1.29 is 19.1 Å². The first-order valence-electron chi connectivity index (χ1n) is 8.11. The van der Waals surface area contributed by atoms with E-state index in [2.05, 4.69) is 25.8 Å². The normalized spacial score (nSPS) is 11.0. The molecule has 9 nitrogen and oxygen atoms in total. The van der Waals surface area contributed by atoms with Gasteiger partial charge in [0, 0.05) is 11.6 Å². The summed E-state index contributed by atoms with van der Waals surface area (Å²) in [5.41, 5.74) is 0.291.